The molecule has 3 saturated heterocycles. The number of hydrogen-bond acceptors (Lipinski definition) is 13. The van der Waals surface area contributed by atoms with Gasteiger partial charge >= 0.3 is 0 Å². The molecule has 13 atom stereocenters. The number of ketones is 2. The van der Waals surface area contributed by atoms with Crippen molar-refractivity contribution in [2.75, 3.05) is 21.1 Å². The Kier molecular flexibility index (Phi) is 11.6. The minimum Gasteiger partial charge on any atom is -0.507 e. The number of carbonyl (C=O) groups is 2. The lowest BCUT2D eigenvalue weighted by atomic mass is 9.62. The molecular formula is C43H58N2O11. The summed E-state index contributed by atoms with van der Waals surface area (Å²) in [5.41, 5.74) is 2.00. The second-order valence-corrected chi connectivity index (χ2v) is 16.8. The molecule has 0 spiro atoms. The third kappa shape index (κ3) is 7.23. The third-order valence-electron chi connectivity index (χ3n) is 13.3. The second kappa shape index (κ2) is 15.8. The van der Waals surface area contributed by atoms with E-state index < -0.39 is 67.1 Å². The molecule has 306 valence electrons. The van der Waals surface area contributed by atoms with Crippen LogP contribution in [0.5, 0.6) is 11.5 Å². The van der Waals surface area contributed by atoms with Crippen molar-refractivity contribution in [1.29, 1.82) is 0 Å². The molecular weight excluding hydrogens is 720 g/mol. The quantitative estimate of drug-likeness (QED) is 0.253. The molecule has 3 fully saturated rings. The monoisotopic (exact) mass is 778 g/mol. The molecule has 0 saturated carbocycles. The van der Waals surface area contributed by atoms with Gasteiger partial charge in [0.2, 0.25) is 5.78 Å². The van der Waals surface area contributed by atoms with Gasteiger partial charge in [0.05, 0.1) is 41.6 Å². The van der Waals surface area contributed by atoms with E-state index in [0.717, 1.165) is 24.1 Å². The van der Waals surface area contributed by atoms with Gasteiger partial charge in [-0.2, -0.15) is 0 Å². The van der Waals surface area contributed by atoms with Crippen LogP contribution >= 0.6 is 0 Å². The third-order valence-corrected chi connectivity index (χ3v) is 13.3. The Balaban J connectivity index is 1.09. The number of nitrogens with zero attached hydrogens (tertiary/aromatic N) is 2. The Bertz CT molecular complexity index is 1850. The van der Waals surface area contributed by atoms with Crippen LogP contribution in [-0.2, 0) is 28.4 Å². The summed E-state index contributed by atoms with van der Waals surface area (Å²) in [6.07, 6.45) is -2.02. The zero-order valence-electron chi connectivity index (χ0n) is 34.0. The van der Waals surface area contributed by atoms with Gasteiger partial charge in [-0.15, -0.1) is 0 Å². The van der Waals surface area contributed by atoms with E-state index in [-0.39, 0.29) is 63.7 Å². The van der Waals surface area contributed by atoms with Gasteiger partial charge < -0.3 is 48.6 Å². The lowest BCUT2D eigenvalue weighted by Gasteiger charge is -2.48. The normalized spacial score (nSPS) is 38.0. The minimum absolute atomic E-state index is 0.0640. The van der Waals surface area contributed by atoms with Crippen LogP contribution in [0.25, 0.3) is 0 Å². The number of aliphatic hydroxyl groups is 1. The van der Waals surface area contributed by atoms with Crippen LogP contribution in [0.2, 0.25) is 0 Å². The molecule has 56 heavy (non-hydrogen) atoms. The van der Waals surface area contributed by atoms with Crippen molar-refractivity contribution in [2.45, 2.75) is 154 Å². The van der Waals surface area contributed by atoms with Crippen LogP contribution in [0.3, 0.4) is 0 Å². The topological polar surface area (TPSA) is 166 Å². The first-order valence-electron chi connectivity index (χ1n) is 20.1. The van der Waals surface area contributed by atoms with Gasteiger partial charge in [0.1, 0.15) is 23.7 Å². The Morgan fingerprint density at radius 2 is 1.57 bits per heavy atom. The summed E-state index contributed by atoms with van der Waals surface area (Å²) in [7, 11) is 5.71. The van der Waals surface area contributed by atoms with Gasteiger partial charge in [0.15, 0.2) is 24.7 Å². The lowest BCUT2D eigenvalue weighted by molar-refractivity contribution is -0.323. The molecule has 2 aromatic rings. The van der Waals surface area contributed by atoms with E-state index in [9.17, 15) is 24.9 Å². The first kappa shape index (κ1) is 40.9. The number of phenols is 2. The number of rotatable bonds is 8. The number of fused-ring (bicyclic) bond motifs is 3. The number of benzene rings is 2. The smallest absolute Gasteiger partial charge is 0.201 e. The van der Waals surface area contributed by atoms with Gasteiger partial charge in [-0.25, -0.2) is 0 Å². The Morgan fingerprint density at radius 3 is 2.21 bits per heavy atom. The van der Waals surface area contributed by atoms with Crippen LogP contribution in [0.1, 0.15) is 135 Å². The maximum atomic E-state index is 13.9. The Hall–Kier alpha value is -3.27. The summed E-state index contributed by atoms with van der Waals surface area (Å²) in [6.45, 7) is 12.1. The van der Waals surface area contributed by atoms with E-state index in [2.05, 4.69) is 30.7 Å². The highest BCUT2D eigenvalue weighted by molar-refractivity contribution is 6.30. The van der Waals surface area contributed by atoms with Crippen LogP contribution < -0.4 is 0 Å². The summed E-state index contributed by atoms with van der Waals surface area (Å²) in [5.74, 6) is -1.67. The van der Waals surface area contributed by atoms with Crippen LogP contribution in [0.15, 0.2) is 29.3 Å². The van der Waals surface area contributed by atoms with Crippen LogP contribution in [-0.4, -0.2) is 120 Å². The molecule has 4 unspecified atom stereocenters. The summed E-state index contributed by atoms with van der Waals surface area (Å²) in [5, 5.41) is 33.8. The van der Waals surface area contributed by atoms with Gasteiger partial charge in [0.25, 0.3) is 0 Å². The molecule has 0 bridgehead atoms. The fraction of sp³-hybridized carbons (Fsp3) is 0.651. The molecule has 0 amide bonds. The van der Waals surface area contributed by atoms with Crippen molar-refractivity contribution in [3.63, 3.8) is 0 Å². The predicted octanol–water partition coefficient (Wildman–Crippen LogP) is 5.78. The molecule has 3 aliphatic heterocycles. The highest BCUT2D eigenvalue weighted by Gasteiger charge is 2.49. The fourth-order valence-electron chi connectivity index (χ4n) is 9.58. The van der Waals surface area contributed by atoms with Crippen molar-refractivity contribution in [2.24, 2.45) is 10.4 Å². The average molecular weight is 779 g/mol. The van der Waals surface area contributed by atoms with Crippen molar-refractivity contribution < 1.29 is 53.3 Å². The summed E-state index contributed by atoms with van der Waals surface area (Å²) >= 11 is 0. The minimum atomic E-state index is -0.836. The van der Waals surface area contributed by atoms with Crippen molar-refractivity contribution >= 4 is 17.3 Å². The maximum absolute atomic E-state index is 13.9. The number of likely N-dealkylation sites (N-methyl/N-ethyl adjacent to an activating group) is 1. The molecule has 7 rings (SSSR count). The van der Waals surface area contributed by atoms with E-state index in [1.807, 2.05) is 34.9 Å². The number of carbonyl (C=O) groups excluding carboxylic acids is 2. The second-order valence-electron chi connectivity index (χ2n) is 16.8. The lowest BCUT2D eigenvalue weighted by Crippen LogP contribution is -2.58. The summed E-state index contributed by atoms with van der Waals surface area (Å²) < 4.78 is 38.6. The highest BCUT2D eigenvalue weighted by Crippen LogP contribution is 2.57. The molecule has 5 aliphatic rings. The number of aliphatic hydroxyl groups excluding tert-OH is 1. The van der Waals surface area contributed by atoms with E-state index in [1.165, 1.54) is 18.2 Å². The molecule has 2 aliphatic carbocycles. The summed E-state index contributed by atoms with van der Waals surface area (Å²) in [4.78, 5) is 34.0. The average Bonchev–Trinajstić information content (AvgIpc) is 3.14. The Morgan fingerprint density at radius 1 is 0.893 bits per heavy atom. The van der Waals surface area contributed by atoms with E-state index >= 15 is 0 Å². The van der Waals surface area contributed by atoms with Gasteiger partial charge in [-0.1, -0.05) is 39.3 Å². The number of aromatic hydroxyl groups is 2. The van der Waals surface area contributed by atoms with E-state index in [0.29, 0.717) is 24.8 Å². The maximum Gasteiger partial charge on any atom is 0.201 e. The summed E-state index contributed by atoms with van der Waals surface area (Å²) in [6, 6.07) is 6.01. The van der Waals surface area contributed by atoms with Gasteiger partial charge in [-0.05, 0) is 76.7 Å². The number of aliphatic imine (C=N–C) groups is 1. The molecule has 13 heteroatoms. The van der Waals surface area contributed by atoms with E-state index in [1.54, 1.807) is 13.1 Å². The fourth-order valence-corrected chi connectivity index (χ4v) is 9.58. The van der Waals surface area contributed by atoms with Crippen LogP contribution in [0, 0.1) is 5.41 Å². The zero-order chi connectivity index (χ0) is 40.4. The predicted molar refractivity (Wildman–Crippen MR) is 206 cm³/mol. The highest BCUT2D eigenvalue weighted by atomic mass is 16.7. The zero-order valence-corrected chi connectivity index (χ0v) is 34.0. The SMILES string of the molecule is CC[C@@]1(C)C[C@H](O[C@H]2C[C@@H](N(C)C)[C@H](O[C@H]3C[C@@H](O)C(O[C@H]4CC/C(=N/C)C(C)O4)C(C)O3)C(C)O2)c2c(cc3c(c2O)C(=O)c2c(O)cccc2C3=O)[C@H]1C. The molecule has 13 nitrogen and oxygen atoms in total. The molecule has 0 aromatic heterocycles. The van der Waals surface area contributed by atoms with Gasteiger partial charge in [0, 0.05) is 54.8 Å². The molecule has 0 radical (unpaired) electrons. The first-order valence-corrected chi connectivity index (χ1v) is 20.1. The molecule has 3 N–H and O–H groups in total. The number of hydrogen-bond donors (Lipinski definition) is 3. The van der Waals surface area contributed by atoms with E-state index in [4.69, 9.17) is 28.4 Å². The Labute approximate surface area is 329 Å². The first-order chi connectivity index (χ1) is 26.6. The van der Waals surface area contributed by atoms with Crippen molar-refractivity contribution in [3.8, 4) is 11.5 Å². The van der Waals surface area contributed by atoms with Crippen molar-refractivity contribution in [3.05, 3.63) is 57.6 Å². The standard InChI is InChI=1S/C43H58N2O11/c1-10-43(6)19-31(36-25(20(43)2)16-26-37(40(36)50)39(49)35-24(38(26)48)12-11-13-29(35)46)54-33-17-28(45(8)9)41(22(4)52-33)56-34-18-30(47)42(23(5)53-34)55-32-15-14-27(44-7)21(3)51-32/h11-13,16,20-23,28,30-34,41-42,46-47,50H,10,14-15,17-19H2,1-9H3/b44-27-/t20-,21?,22?,23?,28-,30-,31+,32+,33+,34+,41-,42?,43+/m1/s1. The van der Waals surface area contributed by atoms with Crippen LogP contribution in [0.4, 0.5) is 0 Å². The largest absolute Gasteiger partial charge is 0.507 e. The van der Waals surface area contributed by atoms with Gasteiger partial charge in [-0.3, -0.25) is 14.6 Å². The molecule has 2 aromatic carbocycles. The number of phenolic OH excluding ortho intramolecular Hbond substituents is 2. The van der Waals surface area contributed by atoms with Crippen molar-refractivity contribution in [1.82, 2.24) is 4.90 Å². The molecule has 3 heterocycles. The number of ether oxygens (including phenoxy) is 6.